The third-order valence-corrected chi connectivity index (χ3v) is 6.10. The number of para-hydroxylation sites is 2. The van der Waals surface area contributed by atoms with Gasteiger partial charge < -0.3 is 19.5 Å². The minimum Gasteiger partial charge on any atom is -0.495 e. The van der Waals surface area contributed by atoms with E-state index in [-0.39, 0.29) is 0 Å². The molecule has 0 saturated heterocycles. The lowest BCUT2D eigenvalue weighted by molar-refractivity contribution is -0.155. The summed E-state index contributed by atoms with van der Waals surface area (Å²) in [6.45, 7) is 1.92. The Hall–Kier alpha value is -4.58. The van der Waals surface area contributed by atoms with Gasteiger partial charge >= 0.3 is 5.97 Å². The molecule has 36 heavy (non-hydrogen) atoms. The Balaban J connectivity index is 1.50. The van der Waals surface area contributed by atoms with Crippen LogP contribution in [0.2, 0.25) is 0 Å². The number of esters is 1. The summed E-state index contributed by atoms with van der Waals surface area (Å²) in [6.07, 6.45) is -1.17. The molecule has 180 valence electrons. The molecule has 0 bridgehead atoms. The summed E-state index contributed by atoms with van der Waals surface area (Å²) in [5, 5.41) is 2.88. The average molecular weight is 480 g/mol. The van der Waals surface area contributed by atoms with Gasteiger partial charge in [0.2, 0.25) is 6.10 Å². The van der Waals surface area contributed by atoms with Crippen molar-refractivity contribution >= 4 is 17.6 Å². The van der Waals surface area contributed by atoms with Gasteiger partial charge in [-0.1, -0.05) is 72.8 Å². The minimum atomic E-state index is -1.17. The molecule has 5 rings (SSSR count). The van der Waals surface area contributed by atoms with E-state index in [0.717, 1.165) is 5.56 Å². The van der Waals surface area contributed by atoms with E-state index in [4.69, 9.17) is 14.2 Å². The fourth-order valence-electron chi connectivity index (χ4n) is 4.37. The number of benzene rings is 4. The molecular formula is C30H25NO5. The predicted octanol–water partition coefficient (Wildman–Crippen LogP) is 6.16. The molecule has 1 aliphatic heterocycles. The Morgan fingerprint density at radius 1 is 0.833 bits per heavy atom. The van der Waals surface area contributed by atoms with Gasteiger partial charge in [0.05, 0.1) is 12.8 Å². The van der Waals surface area contributed by atoms with Gasteiger partial charge in [0.1, 0.15) is 23.2 Å². The van der Waals surface area contributed by atoms with Gasteiger partial charge in [0.25, 0.3) is 5.91 Å². The lowest BCUT2D eigenvalue weighted by Crippen LogP contribution is -2.29. The van der Waals surface area contributed by atoms with Crippen molar-refractivity contribution in [3.63, 3.8) is 0 Å². The fourth-order valence-corrected chi connectivity index (χ4v) is 4.37. The summed E-state index contributed by atoms with van der Waals surface area (Å²) >= 11 is 0. The number of hydrogen-bond acceptors (Lipinski definition) is 5. The highest BCUT2D eigenvalue weighted by Crippen LogP contribution is 2.45. The number of amides is 1. The van der Waals surface area contributed by atoms with E-state index >= 15 is 0 Å². The molecule has 1 heterocycles. The summed E-state index contributed by atoms with van der Waals surface area (Å²) in [5.41, 5.74) is 3.39. The number of hydrogen-bond donors (Lipinski definition) is 1. The van der Waals surface area contributed by atoms with E-state index in [1.165, 1.54) is 7.11 Å². The Bertz CT molecular complexity index is 1370. The summed E-state index contributed by atoms with van der Waals surface area (Å²) in [5.74, 6) is -0.0738. The number of fused-ring (bicyclic) bond motifs is 2. The molecule has 0 spiro atoms. The van der Waals surface area contributed by atoms with Gasteiger partial charge in [0.15, 0.2) is 0 Å². The molecule has 4 aromatic carbocycles. The molecule has 1 aliphatic rings. The average Bonchev–Trinajstić information content (AvgIpc) is 2.90. The number of ether oxygens (including phenoxy) is 3. The van der Waals surface area contributed by atoms with Crippen molar-refractivity contribution in [2.45, 2.75) is 18.9 Å². The zero-order chi connectivity index (χ0) is 25.1. The second-order valence-electron chi connectivity index (χ2n) is 8.53. The number of carbonyl (C=O) groups is 2. The Morgan fingerprint density at radius 2 is 1.44 bits per heavy atom. The number of nitrogens with one attached hydrogen (secondary N) is 1. The molecule has 0 aromatic heterocycles. The zero-order valence-corrected chi connectivity index (χ0v) is 19.9. The van der Waals surface area contributed by atoms with Gasteiger partial charge in [-0.2, -0.15) is 0 Å². The Kier molecular flexibility index (Phi) is 6.41. The summed E-state index contributed by atoms with van der Waals surface area (Å²) in [4.78, 5) is 27.3. The van der Waals surface area contributed by atoms with Crippen LogP contribution in [-0.2, 0) is 14.3 Å². The van der Waals surface area contributed by atoms with Crippen molar-refractivity contribution in [1.29, 1.82) is 0 Å². The van der Waals surface area contributed by atoms with Gasteiger partial charge in [0, 0.05) is 16.7 Å². The lowest BCUT2D eigenvalue weighted by atomic mass is 9.88. The molecule has 0 aliphatic carbocycles. The van der Waals surface area contributed by atoms with Crippen LogP contribution in [0.5, 0.6) is 17.2 Å². The first-order valence-corrected chi connectivity index (χ1v) is 11.6. The van der Waals surface area contributed by atoms with Gasteiger partial charge in [-0.25, -0.2) is 0 Å². The van der Waals surface area contributed by atoms with Crippen LogP contribution in [0.25, 0.3) is 0 Å². The fraction of sp³-hybridized carbons (Fsp3) is 0.133. The molecule has 1 unspecified atom stereocenters. The van der Waals surface area contributed by atoms with Crippen LogP contribution in [-0.4, -0.2) is 19.0 Å². The minimum absolute atomic E-state index is 0.480. The highest BCUT2D eigenvalue weighted by Gasteiger charge is 2.36. The summed E-state index contributed by atoms with van der Waals surface area (Å²) in [6, 6.07) is 29.2. The standard InChI is InChI=1S/C30H25NO5/c1-19-16-17-26(34-2)23(18-19)31-29(32)28(20-10-4-3-5-11-20)36-30(33)27-21-12-6-8-14-24(21)35-25-15-9-7-13-22(25)27/h3-18,27-28H,1-2H3,(H,31,32). The molecule has 1 amide bonds. The third-order valence-electron chi connectivity index (χ3n) is 6.10. The number of rotatable bonds is 6. The van der Waals surface area contributed by atoms with Crippen molar-refractivity contribution < 1.29 is 23.8 Å². The van der Waals surface area contributed by atoms with Crippen LogP contribution in [0, 0.1) is 6.92 Å². The smallest absolute Gasteiger partial charge is 0.319 e. The molecule has 1 N–H and O–H groups in total. The van der Waals surface area contributed by atoms with Crippen LogP contribution in [0.1, 0.15) is 34.3 Å². The molecule has 0 fully saturated rings. The zero-order valence-electron chi connectivity index (χ0n) is 19.9. The molecule has 6 heteroatoms. The number of anilines is 1. The maximum atomic E-state index is 13.8. The molecule has 4 aromatic rings. The van der Waals surface area contributed by atoms with Crippen molar-refractivity contribution in [2.75, 3.05) is 12.4 Å². The van der Waals surface area contributed by atoms with E-state index in [9.17, 15) is 9.59 Å². The van der Waals surface area contributed by atoms with Crippen LogP contribution >= 0.6 is 0 Å². The number of carbonyl (C=O) groups excluding carboxylic acids is 2. The molecule has 6 nitrogen and oxygen atoms in total. The van der Waals surface area contributed by atoms with E-state index in [0.29, 0.717) is 39.6 Å². The number of aryl methyl sites for hydroxylation is 1. The maximum absolute atomic E-state index is 13.8. The second kappa shape index (κ2) is 9.96. The SMILES string of the molecule is COc1ccc(C)cc1NC(=O)C(OC(=O)C1c2ccccc2Oc2ccccc21)c1ccccc1. The Morgan fingerprint density at radius 3 is 2.08 bits per heavy atom. The van der Waals surface area contributed by atoms with Crippen molar-refractivity contribution in [1.82, 2.24) is 0 Å². The number of methoxy groups -OCH3 is 1. The largest absolute Gasteiger partial charge is 0.495 e. The first kappa shape index (κ1) is 23.2. The lowest BCUT2D eigenvalue weighted by Gasteiger charge is -2.28. The Labute approximate surface area is 209 Å². The highest BCUT2D eigenvalue weighted by atomic mass is 16.5. The first-order chi connectivity index (χ1) is 17.5. The van der Waals surface area contributed by atoms with Crippen molar-refractivity contribution in [3.8, 4) is 17.2 Å². The van der Waals surface area contributed by atoms with E-state index < -0.39 is 23.9 Å². The van der Waals surface area contributed by atoms with E-state index in [1.807, 2.05) is 73.7 Å². The van der Waals surface area contributed by atoms with Crippen LogP contribution < -0.4 is 14.8 Å². The van der Waals surface area contributed by atoms with Crippen molar-refractivity contribution in [2.24, 2.45) is 0 Å². The van der Waals surface area contributed by atoms with Gasteiger partial charge in [-0.15, -0.1) is 0 Å². The van der Waals surface area contributed by atoms with Crippen LogP contribution in [0.3, 0.4) is 0 Å². The molecule has 1 atom stereocenters. The van der Waals surface area contributed by atoms with Crippen molar-refractivity contribution in [3.05, 3.63) is 119 Å². The first-order valence-electron chi connectivity index (χ1n) is 11.6. The van der Waals surface area contributed by atoms with Gasteiger partial charge in [-0.3, -0.25) is 9.59 Å². The van der Waals surface area contributed by atoms with E-state index in [2.05, 4.69) is 5.32 Å². The second-order valence-corrected chi connectivity index (χ2v) is 8.53. The highest BCUT2D eigenvalue weighted by molar-refractivity contribution is 5.98. The van der Waals surface area contributed by atoms with Crippen LogP contribution in [0.15, 0.2) is 97.1 Å². The van der Waals surface area contributed by atoms with E-state index in [1.54, 1.807) is 30.3 Å². The predicted molar refractivity (Wildman–Crippen MR) is 136 cm³/mol. The van der Waals surface area contributed by atoms with Crippen LogP contribution in [0.4, 0.5) is 5.69 Å². The summed E-state index contributed by atoms with van der Waals surface area (Å²) in [7, 11) is 1.54. The topological polar surface area (TPSA) is 73.9 Å². The molecule has 0 radical (unpaired) electrons. The molecular weight excluding hydrogens is 454 g/mol. The third kappa shape index (κ3) is 4.53. The monoisotopic (exact) mass is 479 g/mol. The normalized spacial score (nSPS) is 12.9. The summed E-state index contributed by atoms with van der Waals surface area (Å²) < 4.78 is 17.4. The quantitative estimate of drug-likeness (QED) is 0.335. The van der Waals surface area contributed by atoms with Gasteiger partial charge in [-0.05, 0) is 36.8 Å². The maximum Gasteiger partial charge on any atom is 0.319 e. The molecule has 0 saturated carbocycles.